The van der Waals surface area contributed by atoms with Crippen LogP contribution in [0.4, 0.5) is 9.18 Å². The van der Waals surface area contributed by atoms with Gasteiger partial charge >= 0.3 is 12.2 Å². The van der Waals surface area contributed by atoms with E-state index in [-0.39, 0.29) is 59.9 Å². The number of ketones is 1. The zero-order chi connectivity index (χ0) is 26.1. The SMILES string of the molecule is NC(=O)Oc1nc(-c2ccc(F)c3c(C(=O)C(=O)N4CCN(C(=O)c5ccccc5)CC4)c[nH]c23)no1. The number of aromatic amines is 1. The molecular weight excluding hydrogens is 487 g/mol. The molecule has 3 N–H and O–H groups in total. The number of H-pyrrole nitrogens is 1. The summed E-state index contributed by atoms with van der Waals surface area (Å²) < 4.78 is 24.1. The molecule has 0 unspecified atom stereocenters. The second-order valence-corrected chi connectivity index (χ2v) is 8.13. The Morgan fingerprint density at radius 3 is 2.41 bits per heavy atom. The maximum Gasteiger partial charge on any atom is 0.426 e. The first-order valence-electron chi connectivity index (χ1n) is 11.1. The summed E-state index contributed by atoms with van der Waals surface area (Å²) >= 11 is 0. The van der Waals surface area contributed by atoms with Gasteiger partial charge in [0, 0.05) is 48.9 Å². The van der Waals surface area contributed by atoms with Gasteiger partial charge < -0.3 is 25.3 Å². The fourth-order valence-corrected chi connectivity index (χ4v) is 4.15. The summed E-state index contributed by atoms with van der Waals surface area (Å²) in [6, 6.07) is 11.2. The number of carbonyl (C=O) groups is 4. The molecule has 0 spiro atoms. The Morgan fingerprint density at radius 1 is 1.00 bits per heavy atom. The Hall–Kier alpha value is -5.07. The number of halogens is 1. The van der Waals surface area contributed by atoms with Gasteiger partial charge in [0.25, 0.3) is 17.6 Å². The van der Waals surface area contributed by atoms with Crippen LogP contribution < -0.4 is 10.5 Å². The van der Waals surface area contributed by atoms with Crippen LogP contribution in [0.1, 0.15) is 20.7 Å². The number of rotatable bonds is 5. The van der Waals surface area contributed by atoms with Gasteiger partial charge in [0.1, 0.15) is 5.82 Å². The minimum Gasteiger partial charge on any atom is -0.360 e. The summed E-state index contributed by atoms with van der Waals surface area (Å²) in [6.07, 6.45) is -0.438. The fraction of sp³-hybridized carbons (Fsp3) is 0.167. The van der Waals surface area contributed by atoms with E-state index in [1.807, 2.05) is 6.07 Å². The van der Waals surface area contributed by atoms with Crippen LogP contribution in [0.3, 0.4) is 0 Å². The number of carbonyl (C=O) groups excluding carboxylic acids is 4. The molecule has 3 amide bonds. The standard InChI is InChI=1S/C24H19FN6O6/c25-16-7-6-14(20-28-24(37-29-20)36-23(26)35)18-17(16)15(12-27-18)19(32)22(34)31-10-8-30(9-11-31)21(33)13-4-2-1-3-5-13/h1-7,12,27H,8-11H2,(H2,26,35). The summed E-state index contributed by atoms with van der Waals surface area (Å²) in [5.41, 5.74) is 5.67. The van der Waals surface area contributed by atoms with E-state index in [1.165, 1.54) is 17.2 Å². The third kappa shape index (κ3) is 4.49. The molecule has 4 aromatic rings. The fourth-order valence-electron chi connectivity index (χ4n) is 4.15. The Bertz CT molecular complexity index is 1520. The van der Waals surface area contributed by atoms with Crippen molar-refractivity contribution in [3.8, 4) is 17.5 Å². The van der Waals surface area contributed by atoms with Crippen molar-refractivity contribution in [1.82, 2.24) is 24.9 Å². The number of nitrogens with one attached hydrogen (secondary N) is 1. The van der Waals surface area contributed by atoms with E-state index < -0.39 is 29.7 Å². The van der Waals surface area contributed by atoms with Gasteiger partial charge in [0.05, 0.1) is 11.1 Å². The van der Waals surface area contributed by atoms with Crippen LogP contribution in [-0.4, -0.2) is 74.8 Å². The molecule has 1 saturated heterocycles. The summed E-state index contributed by atoms with van der Waals surface area (Å²) in [6.45, 7) is 0.828. The lowest BCUT2D eigenvalue weighted by molar-refractivity contribution is -0.127. The zero-order valence-corrected chi connectivity index (χ0v) is 19.1. The second-order valence-electron chi connectivity index (χ2n) is 8.13. The van der Waals surface area contributed by atoms with Crippen molar-refractivity contribution in [2.45, 2.75) is 0 Å². The highest BCUT2D eigenvalue weighted by Crippen LogP contribution is 2.31. The predicted octanol–water partition coefficient (Wildman–Crippen LogP) is 1.98. The van der Waals surface area contributed by atoms with E-state index in [0.717, 1.165) is 6.07 Å². The minimum atomic E-state index is -1.16. The van der Waals surface area contributed by atoms with Crippen molar-refractivity contribution in [3.63, 3.8) is 0 Å². The van der Waals surface area contributed by atoms with Gasteiger partial charge in [-0.15, -0.1) is 0 Å². The van der Waals surface area contributed by atoms with Crippen molar-refractivity contribution in [2.24, 2.45) is 5.73 Å². The highest BCUT2D eigenvalue weighted by Gasteiger charge is 2.31. The van der Waals surface area contributed by atoms with Crippen LogP contribution in [0, 0.1) is 5.82 Å². The number of benzene rings is 2. The Labute approximate surface area is 207 Å². The molecule has 1 aliphatic rings. The van der Waals surface area contributed by atoms with E-state index in [9.17, 15) is 23.6 Å². The van der Waals surface area contributed by atoms with Crippen molar-refractivity contribution < 1.29 is 32.8 Å². The number of Topliss-reactive ketones (excluding diaryl/α,β-unsaturated/α-hetero) is 1. The number of amides is 3. The number of hydrogen-bond acceptors (Lipinski definition) is 8. The van der Waals surface area contributed by atoms with Crippen LogP contribution in [0.2, 0.25) is 0 Å². The molecule has 0 aliphatic carbocycles. The smallest absolute Gasteiger partial charge is 0.360 e. The predicted molar refractivity (Wildman–Crippen MR) is 125 cm³/mol. The summed E-state index contributed by atoms with van der Waals surface area (Å²) in [5.74, 6) is -2.68. The zero-order valence-electron chi connectivity index (χ0n) is 19.1. The Balaban J connectivity index is 1.34. The van der Waals surface area contributed by atoms with Gasteiger partial charge in [-0.05, 0) is 24.3 Å². The van der Waals surface area contributed by atoms with Gasteiger partial charge in [0.15, 0.2) is 0 Å². The monoisotopic (exact) mass is 506 g/mol. The maximum atomic E-state index is 14.8. The average molecular weight is 506 g/mol. The van der Waals surface area contributed by atoms with E-state index in [1.54, 1.807) is 29.2 Å². The normalized spacial score (nSPS) is 13.5. The Morgan fingerprint density at radius 2 is 1.70 bits per heavy atom. The summed E-state index contributed by atoms with van der Waals surface area (Å²) in [7, 11) is 0. The third-order valence-corrected chi connectivity index (χ3v) is 5.93. The molecule has 12 nitrogen and oxygen atoms in total. The number of aromatic nitrogens is 3. The quantitative estimate of drug-likeness (QED) is 0.306. The van der Waals surface area contributed by atoms with Crippen LogP contribution in [0.15, 0.2) is 53.2 Å². The highest BCUT2D eigenvalue weighted by molar-refractivity contribution is 6.45. The summed E-state index contributed by atoms with van der Waals surface area (Å²) in [5, 5.41) is 3.54. The molecule has 188 valence electrons. The second kappa shape index (κ2) is 9.53. The van der Waals surface area contributed by atoms with Crippen molar-refractivity contribution in [1.29, 1.82) is 0 Å². The van der Waals surface area contributed by atoms with E-state index >= 15 is 0 Å². The molecule has 5 rings (SSSR count). The number of ether oxygens (including phenoxy) is 1. The minimum absolute atomic E-state index is 0.0624. The van der Waals surface area contributed by atoms with Crippen molar-refractivity contribution >= 4 is 34.6 Å². The molecular formula is C24H19FN6O6. The molecule has 3 heterocycles. The van der Waals surface area contributed by atoms with Gasteiger partial charge in [0.2, 0.25) is 5.82 Å². The molecule has 0 saturated carbocycles. The van der Waals surface area contributed by atoms with Crippen LogP contribution in [0.5, 0.6) is 6.08 Å². The number of hydrogen-bond donors (Lipinski definition) is 2. The molecule has 2 aromatic heterocycles. The topological polar surface area (TPSA) is 165 Å². The maximum absolute atomic E-state index is 14.8. The van der Waals surface area contributed by atoms with Crippen molar-refractivity contribution in [2.75, 3.05) is 26.2 Å². The van der Waals surface area contributed by atoms with Gasteiger partial charge in [-0.2, -0.15) is 4.98 Å². The third-order valence-electron chi connectivity index (χ3n) is 5.93. The molecule has 1 aliphatic heterocycles. The van der Waals surface area contributed by atoms with Crippen molar-refractivity contribution in [3.05, 3.63) is 65.6 Å². The highest BCUT2D eigenvalue weighted by atomic mass is 19.1. The van der Waals surface area contributed by atoms with Gasteiger partial charge in [-0.3, -0.25) is 18.9 Å². The molecule has 0 radical (unpaired) electrons. The van der Waals surface area contributed by atoms with E-state index in [0.29, 0.717) is 5.56 Å². The van der Waals surface area contributed by atoms with E-state index in [2.05, 4.69) is 19.9 Å². The first-order valence-corrected chi connectivity index (χ1v) is 11.1. The molecule has 0 bridgehead atoms. The molecule has 13 heteroatoms. The first-order chi connectivity index (χ1) is 17.8. The molecule has 37 heavy (non-hydrogen) atoms. The molecule has 1 fully saturated rings. The van der Waals surface area contributed by atoms with E-state index in [4.69, 9.17) is 10.3 Å². The lowest BCUT2D eigenvalue weighted by atomic mass is 10.0. The van der Waals surface area contributed by atoms with Crippen LogP contribution >= 0.6 is 0 Å². The lowest BCUT2D eigenvalue weighted by Gasteiger charge is -2.34. The lowest BCUT2D eigenvalue weighted by Crippen LogP contribution is -2.52. The number of fused-ring (bicyclic) bond motifs is 1. The number of piperazine rings is 1. The average Bonchev–Trinajstić information content (AvgIpc) is 3.56. The first kappa shape index (κ1) is 23.7. The van der Waals surface area contributed by atoms with Crippen LogP contribution in [-0.2, 0) is 4.79 Å². The Kier molecular flexibility index (Phi) is 6.09. The number of nitrogens with two attached hydrogens (primary N) is 1. The van der Waals surface area contributed by atoms with Crippen LogP contribution in [0.25, 0.3) is 22.3 Å². The molecule has 0 atom stereocenters. The van der Waals surface area contributed by atoms with Gasteiger partial charge in [-0.1, -0.05) is 23.4 Å². The number of primary amides is 1. The molecule has 2 aromatic carbocycles. The van der Waals surface area contributed by atoms with Gasteiger partial charge in [-0.25, -0.2) is 9.18 Å². The summed E-state index contributed by atoms with van der Waals surface area (Å²) in [4.78, 5) is 59.2. The largest absolute Gasteiger partial charge is 0.426 e. The number of nitrogens with zero attached hydrogens (tertiary/aromatic N) is 4.